The molecule has 4 nitrogen and oxygen atoms in total. The van der Waals surface area contributed by atoms with Crippen molar-refractivity contribution in [3.05, 3.63) is 46.8 Å². The molecule has 0 bridgehead atoms. The summed E-state index contributed by atoms with van der Waals surface area (Å²) in [5, 5.41) is 0. The van der Waals surface area contributed by atoms with Gasteiger partial charge in [0.25, 0.3) is 0 Å². The molecule has 0 radical (unpaired) electrons. The van der Waals surface area contributed by atoms with E-state index in [2.05, 4.69) is 30.6 Å². The number of aromatic nitrogens is 2. The number of hydrogen-bond donors (Lipinski definition) is 0. The predicted octanol–water partition coefficient (Wildman–Crippen LogP) is 2.69. The highest BCUT2D eigenvalue weighted by Gasteiger charge is 2.10. The van der Waals surface area contributed by atoms with Gasteiger partial charge >= 0.3 is 5.97 Å². The number of ether oxygens (including phenoxy) is 1. The van der Waals surface area contributed by atoms with E-state index in [1.54, 1.807) is 6.07 Å². The molecule has 0 unspecified atom stereocenters. The van der Waals surface area contributed by atoms with Gasteiger partial charge < -0.3 is 4.74 Å². The van der Waals surface area contributed by atoms with Gasteiger partial charge in [-0.25, -0.2) is 14.8 Å². The van der Waals surface area contributed by atoms with Gasteiger partial charge in [0.15, 0.2) is 0 Å². The summed E-state index contributed by atoms with van der Waals surface area (Å²) in [6.45, 7) is 0. The Labute approximate surface area is 107 Å². The van der Waals surface area contributed by atoms with Crippen LogP contribution in [0.15, 0.2) is 41.0 Å². The molecule has 2 aromatic rings. The van der Waals surface area contributed by atoms with Crippen LogP contribution in [0.4, 0.5) is 0 Å². The number of carbonyl (C=O) groups excluding carboxylic acids is 1. The molecule has 1 aromatic carbocycles. The lowest BCUT2D eigenvalue weighted by molar-refractivity contribution is 0.0587. The highest BCUT2D eigenvalue weighted by atomic mass is 79.9. The van der Waals surface area contributed by atoms with E-state index in [4.69, 9.17) is 0 Å². The smallest absolute Gasteiger partial charge is 0.376 e. The van der Waals surface area contributed by atoms with Crippen LogP contribution < -0.4 is 0 Å². The summed E-state index contributed by atoms with van der Waals surface area (Å²) in [5.74, 6) is -0.480. The monoisotopic (exact) mass is 292 g/mol. The number of nitrogens with zero attached hydrogens (tertiary/aromatic N) is 2. The second-order valence-corrected chi connectivity index (χ2v) is 4.18. The molecule has 0 spiro atoms. The van der Waals surface area contributed by atoms with Crippen LogP contribution in [-0.2, 0) is 4.74 Å². The Morgan fingerprint density at radius 1 is 1.35 bits per heavy atom. The van der Waals surface area contributed by atoms with Crippen molar-refractivity contribution >= 4 is 21.9 Å². The number of esters is 1. The maximum Gasteiger partial charge on any atom is 0.376 e. The van der Waals surface area contributed by atoms with Crippen LogP contribution in [0.5, 0.6) is 0 Å². The van der Waals surface area contributed by atoms with Crippen molar-refractivity contribution in [1.82, 2.24) is 9.97 Å². The van der Waals surface area contributed by atoms with Crippen molar-refractivity contribution in [2.75, 3.05) is 7.11 Å². The Balaban J connectivity index is 2.43. The molecule has 5 heteroatoms. The first-order valence-electron chi connectivity index (χ1n) is 4.88. The zero-order valence-electron chi connectivity index (χ0n) is 9.05. The standard InChI is InChI=1S/C12H9BrN2O2/c1-17-12(16)11-14-6-5-10(15-11)8-3-2-4-9(13)7-8/h2-7H,1H3. The van der Waals surface area contributed by atoms with Crippen molar-refractivity contribution in [3.63, 3.8) is 0 Å². The quantitative estimate of drug-likeness (QED) is 0.799. The molecule has 0 aliphatic heterocycles. The summed E-state index contributed by atoms with van der Waals surface area (Å²) in [4.78, 5) is 19.3. The number of benzene rings is 1. The van der Waals surface area contributed by atoms with E-state index in [9.17, 15) is 4.79 Å². The van der Waals surface area contributed by atoms with E-state index in [0.29, 0.717) is 5.69 Å². The molecule has 1 aromatic heterocycles. The summed E-state index contributed by atoms with van der Waals surface area (Å²) < 4.78 is 5.53. The molecule has 0 N–H and O–H groups in total. The highest BCUT2D eigenvalue weighted by molar-refractivity contribution is 9.10. The Morgan fingerprint density at radius 2 is 2.18 bits per heavy atom. The largest absolute Gasteiger partial charge is 0.463 e. The van der Waals surface area contributed by atoms with E-state index < -0.39 is 5.97 Å². The number of hydrogen-bond acceptors (Lipinski definition) is 4. The molecule has 1 heterocycles. The van der Waals surface area contributed by atoms with E-state index in [-0.39, 0.29) is 5.82 Å². The van der Waals surface area contributed by atoms with Gasteiger partial charge in [-0.2, -0.15) is 0 Å². The van der Waals surface area contributed by atoms with Crippen molar-refractivity contribution in [2.24, 2.45) is 0 Å². The van der Waals surface area contributed by atoms with E-state index in [1.807, 2.05) is 24.3 Å². The maximum atomic E-state index is 11.3. The second-order valence-electron chi connectivity index (χ2n) is 3.27. The number of methoxy groups -OCH3 is 1. The third-order valence-electron chi connectivity index (χ3n) is 2.14. The average molecular weight is 293 g/mol. The molecule has 2 rings (SSSR count). The predicted molar refractivity (Wildman–Crippen MR) is 66.5 cm³/mol. The van der Waals surface area contributed by atoms with Crippen LogP contribution in [-0.4, -0.2) is 23.0 Å². The van der Waals surface area contributed by atoms with Crippen LogP contribution in [0.2, 0.25) is 0 Å². The van der Waals surface area contributed by atoms with E-state index in [1.165, 1.54) is 13.3 Å². The Bertz CT molecular complexity index is 558. The molecule has 0 aliphatic rings. The molecule has 17 heavy (non-hydrogen) atoms. The minimum atomic E-state index is -0.540. The first-order chi connectivity index (χ1) is 8.20. The second kappa shape index (κ2) is 5.05. The van der Waals surface area contributed by atoms with Gasteiger partial charge in [0.1, 0.15) is 0 Å². The van der Waals surface area contributed by atoms with Gasteiger partial charge in [-0.15, -0.1) is 0 Å². The van der Waals surface area contributed by atoms with Gasteiger partial charge in [-0.3, -0.25) is 0 Å². The minimum absolute atomic E-state index is 0.0602. The fraction of sp³-hybridized carbons (Fsp3) is 0.0833. The number of carbonyl (C=O) groups is 1. The van der Waals surface area contributed by atoms with Crippen LogP contribution >= 0.6 is 15.9 Å². The molecule has 0 fully saturated rings. The Hall–Kier alpha value is -1.75. The normalized spacial score (nSPS) is 10.0. The van der Waals surface area contributed by atoms with Gasteiger partial charge in [0.05, 0.1) is 12.8 Å². The molecule has 0 amide bonds. The lowest BCUT2D eigenvalue weighted by atomic mass is 10.1. The van der Waals surface area contributed by atoms with Gasteiger partial charge in [-0.1, -0.05) is 28.1 Å². The van der Waals surface area contributed by atoms with Crippen molar-refractivity contribution < 1.29 is 9.53 Å². The molecular weight excluding hydrogens is 284 g/mol. The Kier molecular flexibility index (Phi) is 3.49. The van der Waals surface area contributed by atoms with Crippen LogP contribution in [0.3, 0.4) is 0 Å². The van der Waals surface area contributed by atoms with Crippen molar-refractivity contribution in [1.29, 1.82) is 0 Å². The van der Waals surface area contributed by atoms with Crippen LogP contribution in [0, 0.1) is 0 Å². The van der Waals surface area contributed by atoms with Crippen LogP contribution in [0.25, 0.3) is 11.3 Å². The van der Waals surface area contributed by atoms with Crippen molar-refractivity contribution in [2.45, 2.75) is 0 Å². The third kappa shape index (κ3) is 2.68. The molecule has 86 valence electrons. The molecule has 0 atom stereocenters. The summed E-state index contributed by atoms with van der Waals surface area (Å²) in [6.07, 6.45) is 1.54. The number of rotatable bonds is 2. The van der Waals surface area contributed by atoms with Crippen LogP contribution in [0.1, 0.15) is 10.6 Å². The lowest BCUT2D eigenvalue weighted by Crippen LogP contribution is -2.07. The molecular formula is C12H9BrN2O2. The first kappa shape index (κ1) is 11.7. The lowest BCUT2D eigenvalue weighted by Gasteiger charge is -2.03. The summed E-state index contributed by atoms with van der Waals surface area (Å²) in [7, 11) is 1.30. The minimum Gasteiger partial charge on any atom is -0.463 e. The summed E-state index contributed by atoms with van der Waals surface area (Å²) in [6, 6.07) is 9.40. The van der Waals surface area contributed by atoms with E-state index >= 15 is 0 Å². The number of halogens is 1. The fourth-order valence-electron chi connectivity index (χ4n) is 1.36. The summed E-state index contributed by atoms with van der Waals surface area (Å²) >= 11 is 3.39. The maximum absolute atomic E-state index is 11.3. The fourth-order valence-corrected chi connectivity index (χ4v) is 1.76. The molecule has 0 aliphatic carbocycles. The van der Waals surface area contributed by atoms with Gasteiger partial charge in [-0.05, 0) is 18.2 Å². The Morgan fingerprint density at radius 3 is 2.88 bits per heavy atom. The first-order valence-corrected chi connectivity index (χ1v) is 5.67. The van der Waals surface area contributed by atoms with Gasteiger partial charge in [0.2, 0.25) is 5.82 Å². The third-order valence-corrected chi connectivity index (χ3v) is 2.64. The SMILES string of the molecule is COC(=O)c1nccc(-c2cccc(Br)c2)n1. The van der Waals surface area contributed by atoms with Crippen molar-refractivity contribution in [3.8, 4) is 11.3 Å². The average Bonchev–Trinajstić information content (AvgIpc) is 2.38. The molecule has 0 saturated carbocycles. The van der Waals surface area contributed by atoms with Gasteiger partial charge in [0, 0.05) is 16.2 Å². The zero-order chi connectivity index (χ0) is 12.3. The summed E-state index contributed by atoms with van der Waals surface area (Å²) in [5.41, 5.74) is 1.59. The zero-order valence-corrected chi connectivity index (χ0v) is 10.6. The topological polar surface area (TPSA) is 52.1 Å². The highest BCUT2D eigenvalue weighted by Crippen LogP contribution is 2.20. The van der Waals surface area contributed by atoms with E-state index in [0.717, 1.165) is 10.0 Å². The molecule has 0 saturated heterocycles.